The Morgan fingerprint density at radius 1 is 1.11 bits per heavy atom. The molecule has 1 heterocycles. The van der Waals surface area contributed by atoms with Gasteiger partial charge in [-0.15, -0.1) is 0 Å². The lowest BCUT2D eigenvalue weighted by atomic mass is 9.95. The molecule has 1 aliphatic rings. The van der Waals surface area contributed by atoms with Crippen molar-refractivity contribution in [1.82, 2.24) is 9.97 Å². The fraction of sp³-hybridized carbons (Fsp3) is 0.733. The monoisotopic (exact) mass is 262 g/mol. The van der Waals surface area contributed by atoms with Gasteiger partial charge in [-0.3, -0.25) is 0 Å². The summed E-state index contributed by atoms with van der Waals surface area (Å²) in [5.74, 6) is 2.03. The van der Waals surface area contributed by atoms with E-state index in [0.29, 0.717) is 6.04 Å². The van der Waals surface area contributed by atoms with E-state index in [-0.39, 0.29) is 0 Å². The van der Waals surface area contributed by atoms with Crippen LogP contribution in [0.1, 0.15) is 57.9 Å². The van der Waals surface area contributed by atoms with Gasteiger partial charge in [-0.05, 0) is 25.7 Å². The normalized spacial score (nSPS) is 16.3. The molecule has 0 amide bonds. The Bertz CT molecular complexity index is 386. The fourth-order valence-electron chi connectivity index (χ4n) is 2.71. The predicted molar refractivity (Wildman–Crippen MR) is 80.7 cm³/mol. The largest absolute Gasteiger partial charge is 0.370 e. The van der Waals surface area contributed by atoms with Crippen LogP contribution in [-0.4, -0.2) is 22.6 Å². The van der Waals surface area contributed by atoms with Crippen molar-refractivity contribution in [2.45, 2.75) is 64.8 Å². The van der Waals surface area contributed by atoms with Crippen LogP contribution in [0.25, 0.3) is 0 Å². The molecule has 1 fully saturated rings. The van der Waals surface area contributed by atoms with Crippen LogP contribution in [-0.2, 0) is 6.42 Å². The third-order valence-corrected chi connectivity index (χ3v) is 3.79. The minimum Gasteiger partial charge on any atom is -0.370 e. The zero-order valence-corrected chi connectivity index (χ0v) is 12.2. The van der Waals surface area contributed by atoms with Crippen LogP contribution >= 0.6 is 0 Å². The molecular weight excluding hydrogens is 236 g/mol. The van der Waals surface area contributed by atoms with E-state index in [4.69, 9.17) is 0 Å². The maximum absolute atomic E-state index is 4.45. The van der Waals surface area contributed by atoms with E-state index >= 15 is 0 Å². The number of nitrogens with one attached hydrogen (secondary N) is 2. The molecule has 0 aliphatic heterocycles. The van der Waals surface area contributed by atoms with Crippen LogP contribution in [0.4, 0.5) is 11.6 Å². The minimum atomic E-state index is 0.591. The summed E-state index contributed by atoms with van der Waals surface area (Å²) in [7, 11) is 0. The van der Waals surface area contributed by atoms with E-state index < -0.39 is 0 Å². The quantitative estimate of drug-likeness (QED) is 0.822. The van der Waals surface area contributed by atoms with Gasteiger partial charge in [-0.25, -0.2) is 9.97 Å². The van der Waals surface area contributed by atoms with Gasteiger partial charge in [0.15, 0.2) is 0 Å². The first-order chi connectivity index (χ1) is 9.35. The van der Waals surface area contributed by atoms with Crippen molar-refractivity contribution in [3.8, 4) is 0 Å². The Morgan fingerprint density at radius 2 is 1.84 bits per heavy atom. The van der Waals surface area contributed by atoms with Crippen LogP contribution in [0.15, 0.2) is 6.33 Å². The lowest BCUT2D eigenvalue weighted by Crippen LogP contribution is -2.24. The third-order valence-electron chi connectivity index (χ3n) is 3.79. The summed E-state index contributed by atoms with van der Waals surface area (Å²) >= 11 is 0. The fourth-order valence-corrected chi connectivity index (χ4v) is 2.71. The number of nitrogens with zero attached hydrogens (tertiary/aromatic N) is 2. The Kier molecular flexibility index (Phi) is 5.43. The Hall–Kier alpha value is -1.32. The van der Waals surface area contributed by atoms with Gasteiger partial charge in [-0.2, -0.15) is 0 Å². The van der Waals surface area contributed by atoms with Gasteiger partial charge >= 0.3 is 0 Å². The maximum atomic E-state index is 4.45. The molecule has 0 unspecified atom stereocenters. The summed E-state index contributed by atoms with van der Waals surface area (Å²) in [6.45, 7) is 5.30. The van der Waals surface area contributed by atoms with Crippen molar-refractivity contribution >= 4 is 11.6 Å². The molecule has 2 N–H and O–H groups in total. The topological polar surface area (TPSA) is 49.8 Å². The van der Waals surface area contributed by atoms with E-state index in [2.05, 4.69) is 34.4 Å². The summed E-state index contributed by atoms with van der Waals surface area (Å²) in [6, 6.07) is 0.591. The van der Waals surface area contributed by atoms with Crippen molar-refractivity contribution in [1.29, 1.82) is 0 Å². The van der Waals surface area contributed by atoms with Gasteiger partial charge in [-0.1, -0.05) is 33.1 Å². The molecule has 0 saturated heterocycles. The van der Waals surface area contributed by atoms with E-state index in [9.17, 15) is 0 Å². The lowest BCUT2D eigenvalue weighted by Gasteiger charge is -2.24. The summed E-state index contributed by atoms with van der Waals surface area (Å²) in [5, 5.41) is 7.03. The summed E-state index contributed by atoms with van der Waals surface area (Å²) in [5.41, 5.74) is 1.22. The first-order valence-electron chi connectivity index (χ1n) is 7.69. The molecule has 0 atom stereocenters. The van der Waals surface area contributed by atoms with Crippen LogP contribution in [0, 0.1) is 0 Å². The van der Waals surface area contributed by atoms with Gasteiger partial charge < -0.3 is 10.6 Å². The highest BCUT2D eigenvalue weighted by atomic mass is 15.1. The molecule has 0 aromatic carbocycles. The molecule has 0 radical (unpaired) electrons. The van der Waals surface area contributed by atoms with Crippen LogP contribution < -0.4 is 10.6 Å². The molecule has 2 rings (SSSR count). The number of hydrogen-bond acceptors (Lipinski definition) is 4. The van der Waals surface area contributed by atoms with E-state index in [1.54, 1.807) is 6.33 Å². The number of aromatic nitrogens is 2. The zero-order valence-electron chi connectivity index (χ0n) is 12.2. The smallest absolute Gasteiger partial charge is 0.134 e. The minimum absolute atomic E-state index is 0.591. The second-order valence-electron chi connectivity index (χ2n) is 5.31. The van der Waals surface area contributed by atoms with Gasteiger partial charge in [0.2, 0.25) is 0 Å². The predicted octanol–water partition coefficient (Wildman–Crippen LogP) is 3.61. The van der Waals surface area contributed by atoms with E-state index in [1.165, 1.54) is 37.7 Å². The summed E-state index contributed by atoms with van der Waals surface area (Å²) < 4.78 is 0. The highest BCUT2D eigenvalue weighted by molar-refractivity contribution is 5.57. The molecule has 19 heavy (non-hydrogen) atoms. The van der Waals surface area contributed by atoms with Gasteiger partial charge in [0, 0.05) is 18.2 Å². The highest BCUT2D eigenvalue weighted by Gasteiger charge is 2.16. The van der Waals surface area contributed by atoms with Crippen molar-refractivity contribution in [2.75, 3.05) is 17.2 Å². The van der Waals surface area contributed by atoms with E-state index in [0.717, 1.165) is 31.0 Å². The van der Waals surface area contributed by atoms with Crippen molar-refractivity contribution in [2.24, 2.45) is 0 Å². The first kappa shape index (κ1) is 14.1. The average Bonchev–Trinajstić information content (AvgIpc) is 2.46. The van der Waals surface area contributed by atoms with Crippen molar-refractivity contribution in [3.05, 3.63) is 11.9 Å². The molecule has 1 aliphatic carbocycles. The molecule has 1 saturated carbocycles. The average molecular weight is 262 g/mol. The lowest BCUT2D eigenvalue weighted by molar-refractivity contribution is 0.461. The molecule has 1 aromatic heterocycles. The van der Waals surface area contributed by atoms with Crippen LogP contribution in [0.5, 0.6) is 0 Å². The summed E-state index contributed by atoms with van der Waals surface area (Å²) in [6.07, 6.45) is 10.3. The molecule has 4 nitrogen and oxygen atoms in total. The second kappa shape index (κ2) is 7.31. The van der Waals surface area contributed by atoms with Gasteiger partial charge in [0.25, 0.3) is 0 Å². The highest BCUT2D eigenvalue weighted by Crippen LogP contribution is 2.25. The molecule has 4 heteroatoms. The Balaban J connectivity index is 2.09. The standard InChI is InChI=1S/C15H26N4/c1-3-10-16-14-13(4-2)15(18-11-17-14)19-12-8-6-5-7-9-12/h11-12H,3-10H2,1-2H3,(H2,16,17,18,19). The Morgan fingerprint density at radius 3 is 2.53 bits per heavy atom. The molecule has 0 spiro atoms. The van der Waals surface area contributed by atoms with Crippen molar-refractivity contribution in [3.63, 3.8) is 0 Å². The first-order valence-corrected chi connectivity index (χ1v) is 7.69. The number of rotatable bonds is 6. The summed E-state index contributed by atoms with van der Waals surface area (Å²) in [4.78, 5) is 8.83. The molecule has 106 valence electrons. The van der Waals surface area contributed by atoms with Crippen LogP contribution in [0.2, 0.25) is 0 Å². The zero-order chi connectivity index (χ0) is 13.5. The number of hydrogen-bond donors (Lipinski definition) is 2. The maximum Gasteiger partial charge on any atom is 0.134 e. The molecule has 1 aromatic rings. The van der Waals surface area contributed by atoms with Gasteiger partial charge in [0.05, 0.1) is 0 Å². The molecule has 0 bridgehead atoms. The SMILES string of the molecule is CCCNc1ncnc(NC2CCCCC2)c1CC. The van der Waals surface area contributed by atoms with E-state index in [1.807, 2.05) is 0 Å². The Labute approximate surface area is 116 Å². The van der Waals surface area contributed by atoms with Crippen molar-refractivity contribution < 1.29 is 0 Å². The number of anilines is 2. The third kappa shape index (κ3) is 3.82. The molecular formula is C15H26N4. The second-order valence-corrected chi connectivity index (χ2v) is 5.31. The van der Waals surface area contributed by atoms with Gasteiger partial charge in [0.1, 0.15) is 18.0 Å². The van der Waals surface area contributed by atoms with Crippen LogP contribution in [0.3, 0.4) is 0 Å².